The van der Waals surface area contributed by atoms with Gasteiger partial charge in [0.1, 0.15) is 16.9 Å². The van der Waals surface area contributed by atoms with Gasteiger partial charge in [0, 0.05) is 30.1 Å². The third-order valence-electron chi connectivity index (χ3n) is 5.61. The molecule has 0 aliphatic carbocycles. The van der Waals surface area contributed by atoms with Crippen LogP contribution in [0.3, 0.4) is 0 Å². The van der Waals surface area contributed by atoms with Crippen molar-refractivity contribution >= 4 is 28.0 Å². The zero-order valence-electron chi connectivity index (χ0n) is 16.4. The van der Waals surface area contributed by atoms with Crippen molar-refractivity contribution in [1.82, 2.24) is 20.2 Å². The second-order valence-electron chi connectivity index (χ2n) is 7.68. The molecule has 2 aromatic heterocycles. The first kappa shape index (κ1) is 18.6. The molecule has 0 spiro atoms. The molecule has 2 N–H and O–H groups in total. The third kappa shape index (κ3) is 3.59. The van der Waals surface area contributed by atoms with E-state index in [-0.39, 0.29) is 23.1 Å². The van der Waals surface area contributed by atoms with Gasteiger partial charge in [-0.1, -0.05) is 30.3 Å². The smallest absolute Gasteiger partial charge is 0.294 e. The van der Waals surface area contributed by atoms with Crippen LogP contribution in [0.1, 0.15) is 29.0 Å². The molecule has 4 aromatic rings. The highest BCUT2D eigenvalue weighted by Gasteiger charge is 2.22. The lowest BCUT2D eigenvalue weighted by Gasteiger charge is -2.31. The number of benzene rings is 2. The number of aromatic amines is 1. The summed E-state index contributed by atoms with van der Waals surface area (Å²) in [5.74, 6) is 0.600. The summed E-state index contributed by atoms with van der Waals surface area (Å²) >= 11 is 0. The van der Waals surface area contributed by atoms with E-state index in [0.29, 0.717) is 29.0 Å². The average molecular weight is 402 g/mol. The van der Waals surface area contributed by atoms with Crippen LogP contribution in [0.15, 0.2) is 63.8 Å². The zero-order chi connectivity index (χ0) is 20.5. The summed E-state index contributed by atoms with van der Waals surface area (Å²) in [5.41, 5.74) is 1.97. The van der Waals surface area contributed by atoms with E-state index in [4.69, 9.17) is 4.42 Å². The molecule has 1 saturated heterocycles. The molecule has 1 aliphatic rings. The van der Waals surface area contributed by atoms with Gasteiger partial charge in [0.15, 0.2) is 0 Å². The van der Waals surface area contributed by atoms with Crippen LogP contribution in [0.4, 0.5) is 0 Å². The topological polar surface area (TPSA) is 91.2 Å². The Morgan fingerprint density at radius 2 is 1.83 bits per heavy atom. The van der Waals surface area contributed by atoms with E-state index in [0.717, 1.165) is 31.3 Å². The number of hydrogen-bond donors (Lipinski definition) is 2. The van der Waals surface area contributed by atoms with E-state index >= 15 is 0 Å². The number of hydrogen-bond acceptors (Lipinski definition) is 5. The maximum atomic E-state index is 12.5. The fraction of sp³-hybridized carbons (Fsp3) is 0.261. The maximum Gasteiger partial charge on any atom is 0.294 e. The van der Waals surface area contributed by atoms with E-state index in [1.54, 1.807) is 0 Å². The number of piperidine rings is 1. The van der Waals surface area contributed by atoms with Crippen molar-refractivity contribution in [2.24, 2.45) is 0 Å². The molecule has 0 saturated carbocycles. The first-order valence-electron chi connectivity index (χ1n) is 10.2. The Balaban J connectivity index is 1.25. The van der Waals surface area contributed by atoms with Crippen LogP contribution >= 0.6 is 0 Å². The SMILES string of the molecule is O=C(NC1CCN(Cc2nc3c(oc4ccccc43)c(=O)[nH]2)CC1)c1ccccc1. The monoisotopic (exact) mass is 402 g/mol. The first-order valence-corrected chi connectivity index (χ1v) is 10.2. The number of nitrogens with one attached hydrogen (secondary N) is 2. The largest absolute Gasteiger partial charge is 0.449 e. The zero-order valence-corrected chi connectivity index (χ0v) is 16.4. The van der Waals surface area contributed by atoms with Crippen LogP contribution in [0, 0.1) is 0 Å². The van der Waals surface area contributed by atoms with Gasteiger partial charge in [-0.25, -0.2) is 4.98 Å². The normalized spacial score (nSPS) is 15.6. The lowest BCUT2D eigenvalue weighted by molar-refractivity contribution is 0.0908. The van der Waals surface area contributed by atoms with Crippen molar-refractivity contribution in [3.8, 4) is 0 Å². The Hall–Kier alpha value is -3.45. The molecule has 3 heterocycles. The Bertz CT molecular complexity index is 1250. The Morgan fingerprint density at radius 1 is 1.10 bits per heavy atom. The molecule has 1 aliphatic heterocycles. The number of para-hydroxylation sites is 1. The summed E-state index contributed by atoms with van der Waals surface area (Å²) in [6.45, 7) is 2.21. The minimum atomic E-state index is -0.254. The Morgan fingerprint density at radius 3 is 2.63 bits per heavy atom. The summed E-state index contributed by atoms with van der Waals surface area (Å²) < 4.78 is 5.66. The van der Waals surface area contributed by atoms with Gasteiger partial charge in [-0.05, 0) is 37.1 Å². The highest BCUT2D eigenvalue weighted by molar-refractivity contribution is 6.01. The number of amides is 1. The molecular formula is C23H22N4O3. The molecule has 1 fully saturated rings. The fourth-order valence-corrected chi connectivity index (χ4v) is 4.03. The number of nitrogens with zero attached hydrogens (tertiary/aromatic N) is 2. The molecule has 7 heteroatoms. The first-order chi connectivity index (χ1) is 14.7. The number of carbonyl (C=O) groups is 1. The van der Waals surface area contributed by atoms with Crippen molar-refractivity contribution in [2.45, 2.75) is 25.4 Å². The minimum absolute atomic E-state index is 0.0302. The molecule has 0 atom stereocenters. The van der Waals surface area contributed by atoms with Gasteiger partial charge in [0.2, 0.25) is 5.58 Å². The van der Waals surface area contributed by atoms with Crippen molar-refractivity contribution < 1.29 is 9.21 Å². The van der Waals surface area contributed by atoms with Crippen molar-refractivity contribution in [1.29, 1.82) is 0 Å². The lowest BCUT2D eigenvalue weighted by atomic mass is 10.0. The van der Waals surface area contributed by atoms with Gasteiger partial charge < -0.3 is 14.7 Å². The molecule has 1 amide bonds. The molecular weight excluding hydrogens is 380 g/mol. The molecule has 0 radical (unpaired) electrons. The molecule has 30 heavy (non-hydrogen) atoms. The second-order valence-corrected chi connectivity index (χ2v) is 7.68. The van der Waals surface area contributed by atoms with Gasteiger partial charge in [0.25, 0.3) is 11.5 Å². The van der Waals surface area contributed by atoms with Gasteiger partial charge in [-0.3, -0.25) is 14.5 Å². The average Bonchev–Trinajstić information content (AvgIpc) is 3.15. The maximum absolute atomic E-state index is 12.5. The van der Waals surface area contributed by atoms with Gasteiger partial charge in [-0.15, -0.1) is 0 Å². The van der Waals surface area contributed by atoms with E-state index in [1.807, 2.05) is 54.6 Å². The van der Waals surface area contributed by atoms with E-state index < -0.39 is 0 Å². The molecule has 152 valence electrons. The Kier molecular flexibility index (Phi) is 4.80. The fourth-order valence-electron chi connectivity index (χ4n) is 4.03. The summed E-state index contributed by atoms with van der Waals surface area (Å²) in [4.78, 5) is 34.6. The molecule has 0 bridgehead atoms. The quantitative estimate of drug-likeness (QED) is 0.547. The number of furan rings is 1. The van der Waals surface area contributed by atoms with Crippen LogP contribution in [0.25, 0.3) is 22.1 Å². The van der Waals surface area contributed by atoms with E-state index in [9.17, 15) is 9.59 Å². The molecule has 7 nitrogen and oxygen atoms in total. The van der Waals surface area contributed by atoms with Gasteiger partial charge in [0.05, 0.1) is 6.54 Å². The van der Waals surface area contributed by atoms with E-state index in [1.165, 1.54) is 0 Å². The van der Waals surface area contributed by atoms with E-state index in [2.05, 4.69) is 20.2 Å². The van der Waals surface area contributed by atoms with Crippen molar-refractivity contribution in [3.63, 3.8) is 0 Å². The summed E-state index contributed by atoms with van der Waals surface area (Å²) in [7, 11) is 0. The summed E-state index contributed by atoms with van der Waals surface area (Å²) in [6.07, 6.45) is 1.72. The second kappa shape index (κ2) is 7.76. The number of fused-ring (bicyclic) bond motifs is 3. The van der Waals surface area contributed by atoms with Crippen LogP contribution in [-0.2, 0) is 6.54 Å². The van der Waals surface area contributed by atoms with Crippen LogP contribution in [0.2, 0.25) is 0 Å². The third-order valence-corrected chi connectivity index (χ3v) is 5.61. The summed E-state index contributed by atoms with van der Waals surface area (Å²) in [5, 5.41) is 3.97. The standard InChI is InChI=1S/C23H22N4O3/c28-22(15-6-2-1-3-7-15)24-16-10-12-27(13-11-16)14-19-25-20-17-8-4-5-9-18(17)30-21(20)23(29)26-19/h1-9,16H,10-14H2,(H,24,28)(H,25,26,29). The lowest BCUT2D eigenvalue weighted by Crippen LogP contribution is -2.44. The minimum Gasteiger partial charge on any atom is -0.449 e. The number of likely N-dealkylation sites (tertiary alicyclic amines) is 1. The number of rotatable bonds is 4. The van der Waals surface area contributed by atoms with Gasteiger partial charge in [-0.2, -0.15) is 0 Å². The van der Waals surface area contributed by atoms with Crippen molar-refractivity contribution in [3.05, 3.63) is 76.3 Å². The van der Waals surface area contributed by atoms with Crippen LogP contribution in [-0.4, -0.2) is 39.9 Å². The predicted molar refractivity (Wildman–Crippen MR) is 114 cm³/mol. The van der Waals surface area contributed by atoms with Crippen molar-refractivity contribution in [2.75, 3.05) is 13.1 Å². The number of aromatic nitrogens is 2. The summed E-state index contributed by atoms with van der Waals surface area (Å²) in [6, 6.07) is 17.0. The number of carbonyl (C=O) groups excluding carboxylic acids is 1. The highest BCUT2D eigenvalue weighted by atomic mass is 16.3. The molecule has 0 unspecified atom stereocenters. The van der Waals surface area contributed by atoms with Gasteiger partial charge >= 0.3 is 0 Å². The molecule has 5 rings (SSSR count). The highest BCUT2D eigenvalue weighted by Crippen LogP contribution is 2.24. The Labute approximate surface area is 172 Å². The number of H-pyrrole nitrogens is 1. The molecule has 2 aromatic carbocycles. The van der Waals surface area contributed by atoms with Crippen LogP contribution in [0.5, 0.6) is 0 Å². The predicted octanol–water partition coefficient (Wildman–Crippen LogP) is 3.06. The van der Waals surface area contributed by atoms with Crippen LogP contribution < -0.4 is 10.9 Å².